The van der Waals surface area contributed by atoms with Gasteiger partial charge < -0.3 is 24.4 Å². The lowest BCUT2D eigenvalue weighted by molar-refractivity contribution is -0.122. The van der Waals surface area contributed by atoms with E-state index in [1.807, 2.05) is 6.07 Å². The van der Waals surface area contributed by atoms with Crippen LogP contribution in [-0.2, 0) is 11.3 Å². The molecule has 0 spiro atoms. The molecule has 0 bridgehead atoms. The van der Waals surface area contributed by atoms with Crippen LogP contribution >= 0.6 is 0 Å². The molecule has 5 rings (SSSR count). The molecule has 3 aromatic rings. The van der Waals surface area contributed by atoms with Gasteiger partial charge in [0.2, 0.25) is 6.79 Å². The SMILES string of the molecule is CC(Oc1ccc2c(c1)OCO2)C(=O)Nc1cc(N2CCN(Cc3ccccc3)CC2)ncn1. The Morgan fingerprint density at radius 3 is 2.65 bits per heavy atom. The van der Waals surface area contributed by atoms with E-state index in [0.29, 0.717) is 23.1 Å². The minimum absolute atomic E-state index is 0.187. The maximum absolute atomic E-state index is 12.7. The van der Waals surface area contributed by atoms with Gasteiger partial charge in [0.05, 0.1) is 0 Å². The number of aromatic nitrogens is 2. The van der Waals surface area contributed by atoms with Crippen molar-refractivity contribution in [3.05, 3.63) is 66.5 Å². The highest BCUT2D eigenvalue weighted by atomic mass is 16.7. The Morgan fingerprint density at radius 2 is 1.82 bits per heavy atom. The summed E-state index contributed by atoms with van der Waals surface area (Å²) in [7, 11) is 0. The fourth-order valence-corrected chi connectivity index (χ4v) is 4.00. The second-order valence-corrected chi connectivity index (χ2v) is 8.27. The van der Waals surface area contributed by atoms with Gasteiger partial charge >= 0.3 is 0 Å². The first-order chi connectivity index (χ1) is 16.6. The van der Waals surface area contributed by atoms with E-state index in [-0.39, 0.29) is 12.7 Å². The zero-order valence-corrected chi connectivity index (χ0v) is 19.0. The van der Waals surface area contributed by atoms with Crippen LogP contribution in [0.5, 0.6) is 17.2 Å². The first kappa shape index (κ1) is 22.0. The van der Waals surface area contributed by atoms with Crippen LogP contribution in [0.4, 0.5) is 11.6 Å². The molecule has 9 nitrogen and oxygen atoms in total. The first-order valence-corrected chi connectivity index (χ1v) is 11.3. The number of amides is 1. The molecule has 1 aromatic heterocycles. The van der Waals surface area contributed by atoms with Gasteiger partial charge in [-0.3, -0.25) is 9.69 Å². The zero-order valence-electron chi connectivity index (χ0n) is 19.0. The van der Waals surface area contributed by atoms with E-state index in [9.17, 15) is 4.79 Å². The second kappa shape index (κ2) is 9.96. The summed E-state index contributed by atoms with van der Waals surface area (Å²) in [5, 5.41) is 2.83. The number of rotatable bonds is 7. The van der Waals surface area contributed by atoms with Gasteiger partial charge in [0.25, 0.3) is 5.91 Å². The highest BCUT2D eigenvalue weighted by molar-refractivity contribution is 5.93. The lowest BCUT2D eigenvalue weighted by atomic mass is 10.2. The fraction of sp³-hybridized carbons (Fsp3) is 0.320. The normalized spacial score (nSPS) is 16.2. The molecule has 2 aromatic carbocycles. The smallest absolute Gasteiger partial charge is 0.266 e. The summed E-state index contributed by atoms with van der Waals surface area (Å²) >= 11 is 0. The van der Waals surface area contributed by atoms with E-state index in [2.05, 4.69) is 49.4 Å². The molecule has 0 radical (unpaired) electrons. The van der Waals surface area contributed by atoms with E-state index >= 15 is 0 Å². The van der Waals surface area contributed by atoms with E-state index < -0.39 is 6.10 Å². The lowest BCUT2D eigenvalue weighted by Gasteiger charge is -2.35. The highest BCUT2D eigenvalue weighted by Gasteiger charge is 2.21. The molecular weight excluding hydrogens is 434 g/mol. The number of nitrogens with zero attached hydrogens (tertiary/aromatic N) is 4. The maximum atomic E-state index is 12.7. The van der Waals surface area contributed by atoms with E-state index in [1.54, 1.807) is 31.2 Å². The number of ether oxygens (including phenoxy) is 3. The average molecular weight is 462 g/mol. The quantitative estimate of drug-likeness (QED) is 0.575. The largest absolute Gasteiger partial charge is 0.481 e. The van der Waals surface area contributed by atoms with Gasteiger partial charge in [-0.2, -0.15) is 0 Å². The van der Waals surface area contributed by atoms with Gasteiger partial charge in [-0.25, -0.2) is 9.97 Å². The Bertz CT molecular complexity index is 1140. The summed E-state index contributed by atoms with van der Waals surface area (Å²) in [6.07, 6.45) is 0.755. The van der Waals surface area contributed by atoms with Crippen molar-refractivity contribution < 1.29 is 19.0 Å². The molecule has 0 saturated carbocycles. The maximum Gasteiger partial charge on any atom is 0.266 e. The Kier molecular flexibility index (Phi) is 6.44. The van der Waals surface area contributed by atoms with Gasteiger partial charge in [-0.1, -0.05) is 30.3 Å². The summed E-state index contributed by atoms with van der Waals surface area (Å²) in [6, 6.07) is 17.5. The monoisotopic (exact) mass is 461 g/mol. The molecule has 1 N–H and O–H groups in total. The number of carbonyl (C=O) groups is 1. The van der Waals surface area contributed by atoms with Crippen molar-refractivity contribution in [1.82, 2.24) is 14.9 Å². The molecule has 0 aliphatic carbocycles. The van der Waals surface area contributed by atoms with E-state index in [1.165, 1.54) is 11.9 Å². The molecule has 176 valence electrons. The van der Waals surface area contributed by atoms with Gasteiger partial charge in [0.1, 0.15) is 23.7 Å². The van der Waals surface area contributed by atoms with Crippen molar-refractivity contribution in [3.63, 3.8) is 0 Å². The van der Waals surface area contributed by atoms with Crippen LogP contribution in [0.1, 0.15) is 12.5 Å². The second-order valence-electron chi connectivity index (χ2n) is 8.27. The number of benzene rings is 2. The molecule has 1 unspecified atom stereocenters. The number of carbonyl (C=O) groups excluding carboxylic acids is 1. The molecule has 34 heavy (non-hydrogen) atoms. The van der Waals surface area contributed by atoms with Crippen LogP contribution in [0.25, 0.3) is 0 Å². The van der Waals surface area contributed by atoms with Gasteiger partial charge in [0.15, 0.2) is 17.6 Å². The van der Waals surface area contributed by atoms with Crippen molar-refractivity contribution in [1.29, 1.82) is 0 Å². The van der Waals surface area contributed by atoms with Crippen molar-refractivity contribution in [3.8, 4) is 17.2 Å². The van der Waals surface area contributed by atoms with Crippen LogP contribution in [0, 0.1) is 0 Å². The molecule has 1 saturated heterocycles. The Labute approximate surface area is 198 Å². The van der Waals surface area contributed by atoms with Crippen molar-refractivity contribution in [2.75, 3.05) is 43.2 Å². The lowest BCUT2D eigenvalue weighted by Crippen LogP contribution is -2.46. The topological polar surface area (TPSA) is 89.1 Å². The summed E-state index contributed by atoms with van der Waals surface area (Å²) < 4.78 is 16.4. The summed E-state index contributed by atoms with van der Waals surface area (Å²) in [5.74, 6) is 2.75. The van der Waals surface area contributed by atoms with Crippen LogP contribution in [0.15, 0.2) is 60.9 Å². The zero-order chi connectivity index (χ0) is 23.3. The molecule has 2 aliphatic heterocycles. The summed E-state index contributed by atoms with van der Waals surface area (Å²) in [6.45, 7) is 6.44. The minimum atomic E-state index is -0.722. The predicted octanol–water partition coefficient (Wildman–Crippen LogP) is 2.93. The van der Waals surface area contributed by atoms with Crippen LogP contribution in [0.3, 0.4) is 0 Å². The minimum Gasteiger partial charge on any atom is -0.481 e. The average Bonchev–Trinajstić information content (AvgIpc) is 3.33. The molecule has 9 heteroatoms. The van der Waals surface area contributed by atoms with Gasteiger partial charge in [-0.15, -0.1) is 0 Å². The number of nitrogens with one attached hydrogen (secondary N) is 1. The molecule has 1 fully saturated rings. The van der Waals surface area contributed by atoms with Crippen molar-refractivity contribution in [2.45, 2.75) is 19.6 Å². The first-order valence-electron chi connectivity index (χ1n) is 11.3. The summed E-state index contributed by atoms with van der Waals surface area (Å²) in [5.41, 5.74) is 1.32. The van der Waals surface area contributed by atoms with Crippen LogP contribution in [0.2, 0.25) is 0 Å². The van der Waals surface area contributed by atoms with E-state index in [0.717, 1.165) is 38.5 Å². The molecule has 2 aliphatic rings. The van der Waals surface area contributed by atoms with Gasteiger partial charge in [-0.05, 0) is 24.6 Å². The van der Waals surface area contributed by atoms with Crippen LogP contribution in [-0.4, -0.2) is 59.9 Å². The number of hydrogen-bond donors (Lipinski definition) is 1. The molecule has 1 atom stereocenters. The Morgan fingerprint density at radius 1 is 1.03 bits per heavy atom. The third-order valence-electron chi connectivity index (χ3n) is 5.88. The Balaban J connectivity index is 1.14. The van der Waals surface area contributed by atoms with Crippen molar-refractivity contribution >= 4 is 17.5 Å². The van der Waals surface area contributed by atoms with Crippen molar-refractivity contribution in [2.24, 2.45) is 0 Å². The standard InChI is InChI=1S/C25H27N5O4/c1-18(34-20-7-8-21-22(13-20)33-17-32-21)25(31)28-23-14-24(27-16-26-23)30-11-9-29(10-12-30)15-19-5-3-2-4-6-19/h2-8,13-14,16,18H,9-12,15,17H2,1H3,(H,26,27,28,31). The van der Waals surface area contributed by atoms with Crippen LogP contribution < -0.4 is 24.4 Å². The highest BCUT2D eigenvalue weighted by Crippen LogP contribution is 2.35. The third-order valence-corrected chi connectivity index (χ3v) is 5.88. The molecule has 3 heterocycles. The number of anilines is 2. The summed E-state index contributed by atoms with van der Waals surface area (Å²) in [4.78, 5) is 26.0. The predicted molar refractivity (Wildman–Crippen MR) is 127 cm³/mol. The fourth-order valence-electron chi connectivity index (χ4n) is 4.00. The number of piperazine rings is 1. The van der Waals surface area contributed by atoms with E-state index in [4.69, 9.17) is 14.2 Å². The van der Waals surface area contributed by atoms with Gasteiger partial charge in [0, 0.05) is 44.9 Å². The number of fused-ring (bicyclic) bond motifs is 1. The molecule has 1 amide bonds. The third kappa shape index (κ3) is 5.20. The number of hydrogen-bond acceptors (Lipinski definition) is 8. The Hall–Kier alpha value is -3.85. The molecular formula is C25H27N5O4.